The molecule has 66 valence electrons. The lowest BCUT2D eigenvalue weighted by Gasteiger charge is -2.20. The number of hydrogen-bond donors (Lipinski definition) is 1. The molecule has 0 heterocycles. The summed E-state index contributed by atoms with van der Waals surface area (Å²) < 4.78 is 5.55. The minimum Gasteiger partial charge on any atom is -0.502 e. The van der Waals surface area contributed by atoms with Crippen molar-refractivity contribution in [2.75, 3.05) is 6.61 Å². The van der Waals surface area contributed by atoms with Crippen LogP contribution >= 0.6 is 12.2 Å². The summed E-state index contributed by atoms with van der Waals surface area (Å²) >= 11 is 4.57. The summed E-state index contributed by atoms with van der Waals surface area (Å²) in [4.78, 5) is 0. The first-order valence-corrected chi connectivity index (χ1v) is 7.36. The van der Waals surface area contributed by atoms with Crippen molar-refractivity contribution in [1.29, 1.82) is 0 Å². The Morgan fingerprint density at radius 1 is 1.55 bits per heavy atom. The molecule has 0 spiro atoms. The Bertz CT molecular complexity index is 136. The van der Waals surface area contributed by atoms with E-state index in [1.54, 1.807) is 0 Å². The van der Waals surface area contributed by atoms with Crippen LogP contribution in [0.5, 0.6) is 0 Å². The molecule has 0 aromatic carbocycles. The van der Waals surface area contributed by atoms with Crippen LogP contribution in [0.3, 0.4) is 0 Å². The van der Waals surface area contributed by atoms with Crippen molar-refractivity contribution in [3.8, 4) is 0 Å². The third kappa shape index (κ3) is 6.46. The van der Waals surface area contributed by atoms with Gasteiger partial charge in [0.15, 0.2) is 13.4 Å². The molecule has 0 aromatic rings. The van der Waals surface area contributed by atoms with Crippen molar-refractivity contribution >= 4 is 25.6 Å². The molecular formula is C7H16O2SSi. The fourth-order valence-corrected chi connectivity index (χ4v) is 2.92. The summed E-state index contributed by atoms with van der Waals surface area (Å²) in [6.45, 7) is 7.02. The molecule has 0 unspecified atom stereocenters. The SMILES string of the molecule is CCO[Si](C)(C)CCC(O)=S. The minimum atomic E-state index is -1.51. The number of aliphatic hydroxyl groups is 1. The van der Waals surface area contributed by atoms with Gasteiger partial charge < -0.3 is 9.53 Å². The van der Waals surface area contributed by atoms with E-state index < -0.39 is 8.32 Å². The fourth-order valence-electron chi connectivity index (χ4n) is 0.871. The first-order chi connectivity index (χ1) is 4.98. The lowest BCUT2D eigenvalue weighted by molar-refractivity contribution is 0.329. The Balaban J connectivity index is 3.63. The lowest BCUT2D eigenvalue weighted by Crippen LogP contribution is -2.30. The molecular weight excluding hydrogens is 176 g/mol. The molecule has 0 saturated carbocycles. The van der Waals surface area contributed by atoms with Crippen LogP contribution in [0.1, 0.15) is 13.3 Å². The summed E-state index contributed by atoms with van der Waals surface area (Å²) in [6, 6.07) is 0.913. The molecule has 0 atom stereocenters. The second kappa shape index (κ2) is 4.85. The average molecular weight is 192 g/mol. The van der Waals surface area contributed by atoms with Crippen LogP contribution in [0.25, 0.3) is 0 Å². The maximum Gasteiger partial charge on any atom is 0.187 e. The Morgan fingerprint density at radius 2 is 2.09 bits per heavy atom. The van der Waals surface area contributed by atoms with E-state index in [-0.39, 0.29) is 5.05 Å². The molecule has 11 heavy (non-hydrogen) atoms. The van der Waals surface area contributed by atoms with Gasteiger partial charge in [-0.2, -0.15) is 0 Å². The maximum atomic E-state index is 8.78. The molecule has 0 rings (SSSR count). The highest BCUT2D eigenvalue weighted by Gasteiger charge is 2.21. The van der Waals surface area contributed by atoms with Crippen molar-refractivity contribution in [3.05, 3.63) is 0 Å². The van der Waals surface area contributed by atoms with Crippen molar-refractivity contribution in [2.45, 2.75) is 32.5 Å². The molecule has 0 amide bonds. The summed E-state index contributed by atoms with van der Waals surface area (Å²) in [5, 5.41) is 8.88. The van der Waals surface area contributed by atoms with E-state index >= 15 is 0 Å². The molecule has 0 aliphatic heterocycles. The molecule has 0 bridgehead atoms. The summed E-state index contributed by atoms with van der Waals surface area (Å²) in [6.07, 6.45) is 0.606. The second-order valence-corrected chi connectivity index (χ2v) is 7.87. The smallest absolute Gasteiger partial charge is 0.187 e. The van der Waals surface area contributed by atoms with Gasteiger partial charge in [-0.3, -0.25) is 0 Å². The van der Waals surface area contributed by atoms with Crippen LogP contribution in [-0.4, -0.2) is 25.1 Å². The molecule has 0 fully saturated rings. The van der Waals surface area contributed by atoms with Gasteiger partial charge in [-0.25, -0.2) is 0 Å². The largest absolute Gasteiger partial charge is 0.502 e. The summed E-state index contributed by atoms with van der Waals surface area (Å²) in [5.41, 5.74) is 0. The van der Waals surface area contributed by atoms with Gasteiger partial charge in [-0.05, 0) is 38.3 Å². The van der Waals surface area contributed by atoms with E-state index in [0.29, 0.717) is 6.42 Å². The third-order valence-electron chi connectivity index (χ3n) is 1.48. The van der Waals surface area contributed by atoms with Gasteiger partial charge in [0, 0.05) is 13.0 Å². The zero-order valence-corrected chi connectivity index (χ0v) is 9.20. The van der Waals surface area contributed by atoms with Crippen LogP contribution in [0, 0.1) is 0 Å². The summed E-state index contributed by atoms with van der Waals surface area (Å²) in [5.74, 6) is 0. The highest BCUT2D eigenvalue weighted by Crippen LogP contribution is 2.13. The highest BCUT2D eigenvalue weighted by molar-refractivity contribution is 7.80. The van der Waals surface area contributed by atoms with E-state index in [1.807, 2.05) is 6.92 Å². The maximum absolute atomic E-state index is 8.78. The standard InChI is InChI=1S/C7H16O2SSi/c1-4-9-11(2,3)6-5-7(8)10/h4-6H2,1-3H3,(H,8,10). The molecule has 4 heteroatoms. The molecule has 0 aromatic heterocycles. The number of aliphatic hydroxyl groups excluding tert-OH is 1. The molecule has 0 aliphatic rings. The number of hydrogen-bond acceptors (Lipinski definition) is 2. The van der Waals surface area contributed by atoms with E-state index in [1.165, 1.54) is 0 Å². The fraction of sp³-hybridized carbons (Fsp3) is 0.857. The molecule has 0 radical (unpaired) electrons. The number of thiocarbonyl (C=S) groups is 1. The third-order valence-corrected chi connectivity index (χ3v) is 4.20. The molecule has 1 N–H and O–H groups in total. The van der Waals surface area contributed by atoms with E-state index in [4.69, 9.17) is 9.53 Å². The van der Waals surface area contributed by atoms with E-state index in [9.17, 15) is 0 Å². The first kappa shape index (κ1) is 11.1. The van der Waals surface area contributed by atoms with Crippen LogP contribution in [-0.2, 0) is 4.43 Å². The van der Waals surface area contributed by atoms with Crippen LogP contribution < -0.4 is 0 Å². The Labute approximate surface area is 74.7 Å². The number of rotatable bonds is 5. The molecule has 0 saturated heterocycles. The topological polar surface area (TPSA) is 29.5 Å². The highest BCUT2D eigenvalue weighted by atomic mass is 32.1. The van der Waals surface area contributed by atoms with Gasteiger partial charge in [-0.1, -0.05) is 0 Å². The van der Waals surface area contributed by atoms with E-state index in [2.05, 4.69) is 25.3 Å². The van der Waals surface area contributed by atoms with Crippen molar-refractivity contribution in [2.24, 2.45) is 0 Å². The van der Waals surface area contributed by atoms with Gasteiger partial charge in [0.1, 0.15) is 0 Å². The molecule has 2 nitrogen and oxygen atoms in total. The quantitative estimate of drug-likeness (QED) is 0.536. The zero-order chi connectivity index (χ0) is 8.91. The van der Waals surface area contributed by atoms with Gasteiger partial charge in [-0.15, -0.1) is 0 Å². The minimum absolute atomic E-state index is 0.102. The predicted molar refractivity (Wildman–Crippen MR) is 53.8 cm³/mol. The van der Waals surface area contributed by atoms with Crippen LogP contribution in [0.4, 0.5) is 0 Å². The van der Waals surface area contributed by atoms with E-state index in [0.717, 1.165) is 12.7 Å². The zero-order valence-electron chi connectivity index (χ0n) is 7.39. The summed E-state index contributed by atoms with van der Waals surface area (Å²) in [7, 11) is -1.51. The van der Waals surface area contributed by atoms with Crippen LogP contribution in [0.15, 0.2) is 0 Å². The monoisotopic (exact) mass is 192 g/mol. The average Bonchev–Trinajstić information content (AvgIpc) is 1.84. The van der Waals surface area contributed by atoms with Crippen LogP contribution in [0.2, 0.25) is 19.1 Å². The van der Waals surface area contributed by atoms with Crippen molar-refractivity contribution in [3.63, 3.8) is 0 Å². The van der Waals surface area contributed by atoms with Crippen molar-refractivity contribution < 1.29 is 9.53 Å². The Kier molecular flexibility index (Phi) is 4.88. The van der Waals surface area contributed by atoms with Gasteiger partial charge in [0.2, 0.25) is 0 Å². The van der Waals surface area contributed by atoms with Crippen molar-refractivity contribution in [1.82, 2.24) is 0 Å². The Morgan fingerprint density at radius 3 is 2.45 bits per heavy atom. The predicted octanol–water partition coefficient (Wildman–Crippen LogP) is 2.50. The van der Waals surface area contributed by atoms with Gasteiger partial charge >= 0.3 is 0 Å². The first-order valence-electron chi connectivity index (χ1n) is 3.83. The van der Waals surface area contributed by atoms with Gasteiger partial charge in [0.25, 0.3) is 0 Å². The lowest BCUT2D eigenvalue weighted by atomic mass is 10.5. The second-order valence-electron chi connectivity index (χ2n) is 3.09. The Hall–Kier alpha value is 0.0669. The normalized spacial score (nSPS) is 11.5. The van der Waals surface area contributed by atoms with Gasteiger partial charge in [0.05, 0.1) is 0 Å². The molecule has 0 aliphatic carbocycles.